The molecule has 41 heavy (non-hydrogen) atoms. The summed E-state index contributed by atoms with van der Waals surface area (Å²) in [5.41, 5.74) is 3.89. The number of likely N-dealkylation sites (tertiary alicyclic amines) is 2. The van der Waals surface area contributed by atoms with E-state index in [4.69, 9.17) is 4.98 Å². The molecule has 0 radical (unpaired) electrons. The summed E-state index contributed by atoms with van der Waals surface area (Å²) in [6.07, 6.45) is 3.81. The minimum Gasteiger partial charge on any atom is -0.390 e. The van der Waals surface area contributed by atoms with E-state index < -0.39 is 6.10 Å². The molecule has 2 unspecified atom stereocenters. The first-order chi connectivity index (χ1) is 20.1. The van der Waals surface area contributed by atoms with Crippen molar-refractivity contribution in [2.24, 2.45) is 0 Å². The van der Waals surface area contributed by atoms with Crippen LogP contribution in [0.2, 0.25) is 0 Å². The molecular weight excluding hydrogens is 516 g/mol. The lowest BCUT2D eigenvalue weighted by atomic mass is 9.94. The Morgan fingerprint density at radius 2 is 1.71 bits per heavy atom. The zero-order chi connectivity index (χ0) is 28.2. The first kappa shape index (κ1) is 27.5. The van der Waals surface area contributed by atoms with Gasteiger partial charge in [0.1, 0.15) is 17.8 Å². The second-order valence-electron chi connectivity index (χ2n) is 11.4. The van der Waals surface area contributed by atoms with Gasteiger partial charge in [0.2, 0.25) is 0 Å². The summed E-state index contributed by atoms with van der Waals surface area (Å²) in [5, 5.41) is 14.7. The van der Waals surface area contributed by atoms with Crippen molar-refractivity contribution in [3.05, 3.63) is 77.5 Å². The molecule has 0 bridgehead atoms. The van der Waals surface area contributed by atoms with Gasteiger partial charge in [0.15, 0.2) is 5.82 Å². The van der Waals surface area contributed by atoms with Crippen molar-refractivity contribution >= 4 is 18.0 Å². The Kier molecular flexibility index (Phi) is 8.36. The number of piperidine rings is 2. The quantitative estimate of drug-likeness (QED) is 0.430. The molecule has 0 aliphatic carbocycles. The van der Waals surface area contributed by atoms with Crippen LogP contribution in [0.15, 0.2) is 60.7 Å². The molecule has 3 aliphatic rings. The molecule has 2 aromatic carbocycles. The maximum absolute atomic E-state index is 13.8. The van der Waals surface area contributed by atoms with Gasteiger partial charge in [0.05, 0.1) is 12.6 Å². The summed E-state index contributed by atoms with van der Waals surface area (Å²) in [6.45, 7) is 4.75. The van der Waals surface area contributed by atoms with Crippen LogP contribution in [0, 0.1) is 0 Å². The smallest absolute Gasteiger partial charge is 0.272 e. The molecule has 4 heterocycles. The number of nitrogens with one attached hydrogen (secondary N) is 1. The average molecular weight is 555 g/mol. The van der Waals surface area contributed by atoms with Crippen molar-refractivity contribution in [1.29, 1.82) is 0 Å². The van der Waals surface area contributed by atoms with Crippen LogP contribution < -0.4 is 5.32 Å². The summed E-state index contributed by atoms with van der Waals surface area (Å²) in [4.78, 5) is 40.4. The van der Waals surface area contributed by atoms with E-state index in [1.165, 1.54) is 11.1 Å². The van der Waals surface area contributed by atoms with E-state index in [0.29, 0.717) is 30.4 Å². The number of aliphatic hydroxyl groups excluding tert-OH is 1. The highest BCUT2D eigenvalue weighted by molar-refractivity contribution is 5.93. The van der Waals surface area contributed by atoms with E-state index in [9.17, 15) is 14.7 Å². The third-order valence-electron chi connectivity index (χ3n) is 8.71. The maximum Gasteiger partial charge on any atom is 0.272 e. The fourth-order valence-corrected chi connectivity index (χ4v) is 6.41. The number of aldehydes is 1. The van der Waals surface area contributed by atoms with Gasteiger partial charge in [-0.1, -0.05) is 54.6 Å². The molecule has 0 saturated carbocycles. The van der Waals surface area contributed by atoms with Gasteiger partial charge >= 0.3 is 0 Å². The summed E-state index contributed by atoms with van der Waals surface area (Å²) in [6, 6.07) is 20.2. The van der Waals surface area contributed by atoms with Crippen LogP contribution in [-0.2, 0) is 17.8 Å². The van der Waals surface area contributed by atoms with Gasteiger partial charge in [-0.05, 0) is 36.8 Å². The Bertz CT molecular complexity index is 1360. The predicted molar refractivity (Wildman–Crippen MR) is 157 cm³/mol. The number of amides is 1. The standard InChI is InChI=1S/C32H38N6O3/c39-19-18-36-14-11-26(12-15-36)33-30-20-27(34-31(35-30)24-7-2-1-3-8-24)32(41)38-17-13-28(29(40)22-38)37-16-10-23-6-4-5-9-25(23)21-37/h1-9,19-20,26,28-29,40H,10-18,21-22H2,(H,33,34,35). The fraction of sp³-hybridized carbons (Fsp3) is 0.438. The molecule has 0 spiro atoms. The largest absolute Gasteiger partial charge is 0.390 e. The third-order valence-corrected chi connectivity index (χ3v) is 8.71. The summed E-state index contributed by atoms with van der Waals surface area (Å²) in [5.74, 6) is 0.938. The molecule has 1 amide bonds. The van der Waals surface area contributed by atoms with E-state index in [1.807, 2.05) is 30.3 Å². The summed E-state index contributed by atoms with van der Waals surface area (Å²) >= 11 is 0. The van der Waals surface area contributed by atoms with E-state index in [1.54, 1.807) is 11.0 Å². The number of benzene rings is 2. The van der Waals surface area contributed by atoms with Crippen molar-refractivity contribution in [1.82, 2.24) is 24.7 Å². The van der Waals surface area contributed by atoms with Crippen LogP contribution in [0.3, 0.4) is 0 Å². The van der Waals surface area contributed by atoms with Crippen LogP contribution >= 0.6 is 0 Å². The van der Waals surface area contributed by atoms with Crippen LogP contribution in [0.25, 0.3) is 11.4 Å². The highest BCUT2D eigenvalue weighted by Gasteiger charge is 2.36. The number of fused-ring (bicyclic) bond motifs is 1. The fourth-order valence-electron chi connectivity index (χ4n) is 6.41. The molecule has 9 nitrogen and oxygen atoms in total. The predicted octanol–water partition coefficient (Wildman–Crippen LogP) is 2.85. The second-order valence-corrected chi connectivity index (χ2v) is 11.4. The Balaban J connectivity index is 1.16. The first-order valence-corrected chi connectivity index (χ1v) is 14.7. The molecule has 2 atom stereocenters. The topological polar surface area (TPSA) is 102 Å². The SMILES string of the molecule is O=CCN1CCC(Nc2cc(C(=O)N3CCC(N4CCc5ccccc5C4)C(O)C3)nc(-c3ccccc3)n2)CC1. The van der Waals surface area contributed by atoms with Crippen molar-refractivity contribution in [2.75, 3.05) is 44.6 Å². The van der Waals surface area contributed by atoms with E-state index in [2.05, 4.69) is 44.4 Å². The Labute approximate surface area is 241 Å². The minimum atomic E-state index is -0.623. The summed E-state index contributed by atoms with van der Waals surface area (Å²) < 4.78 is 0. The van der Waals surface area contributed by atoms with E-state index in [-0.39, 0.29) is 24.5 Å². The number of β-amino-alcohol motifs (C(OH)–C–C–N with tert-alkyl or cyclic N) is 1. The molecule has 3 aromatic rings. The average Bonchev–Trinajstić information content (AvgIpc) is 3.02. The normalized spacial score (nSPS) is 22.2. The Morgan fingerprint density at radius 3 is 2.46 bits per heavy atom. The number of carbonyl (C=O) groups excluding carboxylic acids is 2. The van der Waals surface area contributed by atoms with Crippen LogP contribution in [-0.4, -0.2) is 99.4 Å². The van der Waals surface area contributed by atoms with E-state index >= 15 is 0 Å². The van der Waals surface area contributed by atoms with Crippen LogP contribution in [0.5, 0.6) is 0 Å². The molecule has 2 fully saturated rings. The molecule has 1 aromatic heterocycles. The molecule has 3 aliphatic heterocycles. The highest BCUT2D eigenvalue weighted by atomic mass is 16.3. The van der Waals surface area contributed by atoms with Gasteiger partial charge < -0.3 is 20.1 Å². The zero-order valence-corrected chi connectivity index (χ0v) is 23.4. The van der Waals surface area contributed by atoms with Gasteiger partial charge in [0.25, 0.3) is 5.91 Å². The van der Waals surface area contributed by atoms with Crippen molar-refractivity contribution in [2.45, 2.75) is 50.4 Å². The Morgan fingerprint density at radius 1 is 0.951 bits per heavy atom. The first-order valence-electron chi connectivity index (χ1n) is 14.7. The zero-order valence-electron chi connectivity index (χ0n) is 23.4. The van der Waals surface area contributed by atoms with Crippen LogP contribution in [0.4, 0.5) is 5.82 Å². The number of rotatable bonds is 7. The lowest BCUT2D eigenvalue weighted by Gasteiger charge is -2.43. The molecule has 9 heteroatoms. The lowest BCUT2D eigenvalue weighted by molar-refractivity contribution is -0.109. The number of nitrogens with zero attached hydrogens (tertiary/aromatic N) is 5. The number of hydrogen-bond acceptors (Lipinski definition) is 8. The van der Waals surface area contributed by atoms with Gasteiger partial charge in [-0.15, -0.1) is 0 Å². The highest BCUT2D eigenvalue weighted by Crippen LogP contribution is 2.27. The Hall–Kier alpha value is -3.66. The number of hydrogen-bond donors (Lipinski definition) is 2. The second kappa shape index (κ2) is 12.5. The van der Waals surface area contributed by atoms with Gasteiger partial charge in [-0.25, -0.2) is 9.97 Å². The molecule has 2 N–H and O–H groups in total. The third kappa shape index (κ3) is 6.32. The number of aromatic nitrogens is 2. The van der Waals surface area contributed by atoms with Crippen molar-refractivity contribution < 1.29 is 14.7 Å². The maximum atomic E-state index is 13.8. The number of carbonyl (C=O) groups is 2. The van der Waals surface area contributed by atoms with Crippen molar-refractivity contribution in [3.8, 4) is 11.4 Å². The van der Waals surface area contributed by atoms with E-state index in [0.717, 1.165) is 63.7 Å². The lowest BCUT2D eigenvalue weighted by Crippen LogP contribution is -2.56. The molecule has 2 saturated heterocycles. The monoisotopic (exact) mass is 554 g/mol. The van der Waals surface area contributed by atoms with Crippen molar-refractivity contribution in [3.63, 3.8) is 0 Å². The molecule has 6 rings (SSSR count). The summed E-state index contributed by atoms with van der Waals surface area (Å²) in [7, 11) is 0. The van der Waals surface area contributed by atoms with Gasteiger partial charge in [0, 0.05) is 63.0 Å². The number of aliphatic hydroxyl groups is 1. The molecule has 214 valence electrons. The van der Waals surface area contributed by atoms with Gasteiger partial charge in [-0.3, -0.25) is 14.6 Å². The number of anilines is 1. The van der Waals surface area contributed by atoms with Crippen LogP contribution in [0.1, 0.15) is 40.9 Å². The van der Waals surface area contributed by atoms with Gasteiger partial charge in [-0.2, -0.15) is 0 Å². The minimum absolute atomic E-state index is 0.0278. The molecular formula is C32H38N6O3.